The Hall–Kier alpha value is -3.81. The maximum atomic E-state index is 13.0. The maximum absolute atomic E-state index is 13.0. The molecule has 0 atom stereocenters. The van der Waals surface area contributed by atoms with E-state index in [-0.39, 0.29) is 5.91 Å². The highest BCUT2D eigenvalue weighted by Crippen LogP contribution is 2.17. The molecule has 1 amide bonds. The molecule has 0 unspecified atom stereocenters. The molecule has 2 aromatic carbocycles. The molecule has 2 N–H and O–H groups in total. The zero-order valence-corrected chi connectivity index (χ0v) is 19.9. The summed E-state index contributed by atoms with van der Waals surface area (Å²) in [7, 11) is 5.49. The van der Waals surface area contributed by atoms with E-state index in [1.807, 2.05) is 79.3 Å². The van der Waals surface area contributed by atoms with Crippen molar-refractivity contribution in [2.45, 2.75) is 33.4 Å². The molecule has 0 spiro atoms. The Bertz CT molecular complexity index is 1120. The van der Waals surface area contributed by atoms with E-state index >= 15 is 0 Å². The molecule has 33 heavy (non-hydrogen) atoms. The van der Waals surface area contributed by atoms with Crippen LogP contribution in [0, 0.1) is 6.92 Å². The molecule has 3 rings (SSSR count). The highest BCUT2D eigenvalue weighted by atomic mass is 16.5. The molecule has 0 aliphatic rings. The number of hydrogen-bond acceptors (Lipinski definition) is 5. The average Bonchev–Trinajstić information content (AvgIpc) is 3.16. The van der Waals surface area contributed by atoms with Crippen molar-refractivity contribution in [2.75, 3.05) is 31.4 Å². The van der Waals surface area contributed by atoms with Gasteiger partial charge in [-0.25, -0.2) is 4.99 Å². The van der Waals surface area contributed by atoms with Crippen molar-refractivity contribution in [1.29, 1.82) is 0 Å². The Balaban J connectivity index is 1.85. The van der Waals surface area contributed by atoms with Gasteiger partial charge in [0.1, 0.15) is 5.75 Å². The lowest BCUT2D eigenvalue weighted by Gasteiger charge is -2.15. The van der Waals surface area contributed by atoms with Crippen LogP contribution in [0.3, 0.4) is 0 Å². The summed E-state index contributed by atoms with van der Waals surface area (Å²) in [5, 5.41) is 10.7. The molecule has 0 fully saturated rings. The molecular formula is C25H32N6O2. The van der Waals surface area contributed by atoms with Crippen molar-refractivity contribution in [3.63, 3.8) is 0 Å². The molecule has 0 radical (unpaired) electrons. The van der Waals surface area contributed by atoms with Gasteiger partial charge in [0.15, 0.2) is 0 Å². The normalized spacial score (nSPS) is 11.2. The SMILES string of the molecule is CCCn1cc(CN=C(NC(=O)c2cccc(N(C)C)c2)Nc2cccc(OC)c2)c(C)n1. The van der Waals surface area contributed by atoms with Crippen LogP contribution >= 0.6 is 0 Å². The summed E-state index contributed by atoms with van der Waals surface area (Å²) in [5.74, 6) is 0.818. The molecule has 1 heterocycles. The van der Waals surface area contributed by atoms with Gasteiger partial charge < -0.3 is 15.0 Å². The number of aryl methyl sites for hydroxylation is 2. The Morgan fingerprint density at radius 3 is 2.70 bits per heavy atom. The largest absolute Gasteiger partial charge is 0.497 e. The fourth-order valence-corrected chi connectivity index (χ4v) is 3.28. The summed E-state index contributed by atoms with van der Waals surface area (Å²) in [4.78, 5) is 19.6. The van der Waals surface area contributed by atoms with Gasteiger partial charge in [-0.05, 0) is 43.7 Å². The number of anilines is 2. The molecule has 0 aliphatic heterocycles. The number of benzene rings is 2. The number of nitrogens with one attached hydrogen (secondary N) is 2. The third kappa shape index (κ3) is 6.58. The van der Waals surface area contributed by atoms with E-state index in [2.05, 4.69) is 27.6 Å². The van der Waals surface area contributed by atoms with Crippen molar-refractivity contribution in [3.05, 3.63) is 71.5 Å². The predicted molar refractivity (Wildman–Crippen MR) is 133 cm³/mol. The quantitative estimate of drug-likeness (QED) is 0.401. The van der Waals surface area contributed by atoms with Crippen molar-refractivity contribution >= 4 is 23.2 Å². The number of nitrogens with zero attached hydrogens (tertiary/aromatic N) is 4. The van der Waals surface area contributed by atoms with Crippen molar-refractivity contribution in [2.24, 2.45) is 4.99 Å². The zero-order chi connectivity index (χ0) is 23.8. The molecule has 0 aliphatic carbocycles. The molecule has 0 saturated heterocycles. The number of rotatable bonds is 8. The van der Waals surface area contributed by atoms with Crippen molar-refractivity contribution in [3.8, 4) is 5.75 Å². The Labute approximate surface area is 195 Å². The van der Waals surface area contributed by atoms with Crippen molar-refractivity contribution in [1.82, 2.24) is 15.1 Å². The van der Waals surface area contributed by atoms with Gasteiger partial charge in [0.2, 0.25) is 5.96 Å². The topological polar surface area (TPSA) is 83.8 Å². The summed E-state index contributed by atoms with van der Waals surface area (Å²) in [5.41, 5.74) is 4.19. The molecule has 0 saturated carbocycles. The highest BCUT2D eigenvalue weighted by molar-refractivity contribution is 6.10. The first-order valence-corrected chi connectivity index (χ1v) is 11.0. The lowest BCUT2D eigenvalue weighted by atomic mass is 10.2. The minimum atomic E-state index is -0.244. The van der Waals surface area contributed by atoms with Crippen LogP contribution in [-0.4, -0.2) is 42.9 Å². The molecule has 8 heteroatoms. The number of aliphatic imine (C=N–C) groups is 1. The van der Waals surface area contributed by atoms with Crippen LogP contribution in [0.4, 0.5) is 11.4 Å². The number of hydrogen-bond donors (Lipinski definition) is 2. The van der Waals surface area contributed by atoms with Crippen LogP contribution in [0.25, 0.3) is 0 Å². The first kappa shape index (κ1) is 23.8. The monoisotopic (exact) mass is 448 g/mol. The lowest BCUT2D eigenvalue weighted by molar-refractivity contribution is 0.0977. The Kier molecular flexibility index (Phi) is 8.07. The number of ether oxygens (including phenoxy) is 1. The molecular weight excluding hydrogens is 416 g/mol. The van der Waals surface area contributed by atoms with Crippen LogP contribution in [-0.2, 0) is 13.1 Å². The fourth-order valence-electron chi connectivity index (χ4n) is 3.28. The minimum Gasteiger partial charge on any atom is -0.497 e. The lowest BCUT2D eigenvalue weighted by Crippen LogP contribution is -2.36. The number of aromatic nitrogens is 2. The zero-order valence-electron chi connectivity index (χ0n) is 19.9. The smallest absolute Gasteiger partial charge is 0.258 e. The molecule has 0 bridgehead atoms. The summed E-state index contributed by atoms with van der Waals surface area (Å²) in [6, 6.07) is 14.9. The van der Waals surface area contributed by atoms with Gasteiger partial charge in [0, 0.05) is 55.4 Å². The number of carbonyl (C=O) groups is 1. The van der Waals surface area contributed by atoms with Gasteiger partial charge in [0.05, 0.1) is 19.3 Å². The van der Waals surface area contributed by atoms with E-state index in [4.69, 9.17) is 4.74 Å². The summed E-state index contributed by atoms with van der Waals surface area (Å²) < 4.78 is 7.24. The van der Waals surface area contributed by atoms with Gasteiger partial charge in [-0.15, -0.1) is 0 Å². The Morgan fingerprint density at radius 1 is 1.18 bits per heavy atom. The number of amides is 1. The van der Waals surface area contributed by atoms with E-state index < -0.39 is 0 Å². The van der Waals surface area contributed by atoms with Gasteiger partial charge in [0.25, 0.3) is 5.91 Å². The summed E-state index contributed by atoms with van der Waals surface area (Å²) in [6.45, 7) is 5.33. The molecule has 3 aromatic rings. The molecule has 174 valence electrons. The van der Waals surface area contributed by atoms with Crippen LogP contribution in [0.2, 0.25) is 0 Å². The van der Waals surface area contributed by atoms with E-state index in [0.717, 1.165) is 35.6 Å². The van der Waals surface area contributed by atoms with Gasteiger partial charge >= 0.3 is 0 Å². The second-order valence-corrected chi connectivity index (χ2v) is 7.92. The molecule has 1 aromatic heterocycles. The van der Waals surface area contributed by atoms with Gasteiger partial charge in [-0.3, -0.25) is 14.8 Å². The predicted octanol–water partition coefficient (Wildman–Crippen LogP) is 4.07. The highest BCUT2D eigenvalue weighted by Gasteiger charge is 2.12. The second-order valence-electron chi connectivity index (χ2n) is 7.92. The van der Waals surface area contributed by atoms with Crippen LogP contribution in [0.15, 0.2) is 59.7 Å². The molecule has 8 nitrogen and oxygen atoms in total. The van der Waals surface area contributed by atoms with E-state index in [1.54, 1.807) is 13.2 Å². The van der Waals surface area contributed by atoms with Crippen LogP contribution in [0.1, 0.15) is 35.0 Å². The number of methoxy groups -OCH3 is 1. The maximum Gasteiger partial charge on any atom is 0.258 e. The van der Waals surface area contributed by atoms with E-state index in [9.17, 15) is 4.79 Å². The second kappa shape index (κ2) is 11.2. The number of guanidine groups is 1. The third-order valence-electron chi connectivity index (χ3n) is 5.10. The van der Waals surface area contributed by atoms with E-state index in [0.29, 0.717) is 23.8 Å². The summed E-state index contributed by atoms with van der Waals surface area (Å²) in [6.07, 6.45) is 3.02. The average molecular weight is 449 g/mol. The minimum absolute atomic E-state index is 0.244. The summed E-state index contributed by atoms with van der Waals surface area (Å²) >= 11 is 0. The van der Waals surface area contributed by atoms with Crippen molar-refractivity contribution < 1.29 is 9.53 Å². The Morgan fingerprint density at radius 2 is 1.97 bits per heavy atom. The number of carbonyl (C=O) groups excluding carboxylic acids is 1. The first-order valence-electron chi connectivity index (χ1n) is 11.0. The standard InChI is InChI=1S/C25H32N6O2/c1-6-13-31-17-20(18(2)29-31)16-26-25(27-21-10-8-12-23(15-21)33-5)28-24(32)19-9-7-11-22(14-19)30(3)4/h7-12,14-15,17H,6,13,16H2,1-5H3,(H2,26,27,28,32). The first-order chi connectivity index (χ1) is 15.9. The third-order valence-corrected chi connectivity index (χ3v) is 5.10. The van der Waals surface area contributed by atoms with E-state index in [1.165, 1.54) is 0 Å². The van der Waals surface area contributed by atoms with Gasteiger partial charge in [-0.2, -0.15) is 5.10 Å². The van der Waals surface area contributed by atoms with Crippen LogP contribution in [0.5, 0.6) is 5.75 Å². The fraction of sp³-hybridized carbons (Fsp3) is 0.320. The van der Waals surface area contributed by atoms with Crippen LogP contribution < -0.4 is 20.3 Å². The van der Waals surface area contributed by atoms with Gasteiger partial charge in [-0.1, -0.05) is 19.1 Å².